The van der Waals surface area contributed by atoms with E-state index in [2.05, 4.69) is 15.1 Å². The van der Waals surface area contributed by atoms with Crippen LogP contribution in [0.15, 0.2) is 30.3 Å². The summed E-state index contributed by atoms with van der Waals surface area (Å²) in [5.41, 5.74) is 2.69. The van der Waals surface area contributed by atoms with Gasteiger partial charge in [0, 0.05) is 25.7 Å². The molecular formula is C25H30ClN3O5. The zero-order valence-corrected chi connectivity index (χ0v) is 20.2. The molecule has 0 spiro atoms. The monoisotopic (exact) mass is 487 g/mol. The fraction of sp³-hybridized carbons (Fsp3) is 0.440. The molecule has 182 valence electrons. The number of carbonyl (C=O) groups is 2. The number of carbonyl (C=O) groups excluding carboxylic acids is 1. The molecule has 0 unspecified atom stereocenters. The molecule has 2 aromatic carbocycles. The normalized spacial score (nSPS) is 16.7. The smallest absolute Gasteiger partial charge is 0.335 e. The quantitative estimate of drug-likeness (QED) is 0.574. The van der Waals surface area contributed by atoms with Crippen molar-refractivity contribution in [2.45, 2.75) is 39.3 Å². The number of benzene rings is 2. The van der Waals surface area contributed by atoms with Crippen LogP contribution >= 0.6 is 11.6 Å². The SMILES string of the molecule is CCOc1cc(CN2CCC(N3CC(=O)Nc4cc(C(=O)O)ccc43)CC2)cc(OCC)c1Cl. The predicted molar refractivity (Wildman–Crippen MR) is 131 cm³/mol. The first kappa shape index (κ1) is 24.2. The Bertz CT molecular complexity index is 1040. The third-order valence-corrected chi connectivity index (χ3v) is 6.58. The molecule has 0 saturated carbocycles. The van der Waals surface area contributed by atoms with Crippen LogP contribution in [0.25, 0.3) is 0 Å². The fourth-order valence-corrected chi connectivity index (χ4v) is 4.88. The van der Waals surface area contributed by atoms with Crippen LogP contribution in [0, 0.1) is 0 Å². The summed E-state index contributed by atoms with van der Waals surface area (Å²) in [5, 5.41) is 12.6. The minimum Gasteiger partial charge on any atom is -0.492 e. The van der Waals surface area contributed by atoms with E-state index < -0.39 is 5.97 Å². The van der Waals surface area contributed by atoms with Crippen LogP contribution in [0.3, 0.4) is 0 Å². The number of fused-ring (bicyclic) bond motifs is 1. The van der Waals surface area contributed by atoms with Gasteiger partial charge < -0.3 is 24.8 Å². The zero-order chi connectivity index (χ0) is 24.2. The molecule has 2 N–H and O–H groups in total. The summed E-state index contributed by atoms with van der Waals surface area (Å²) < 4.78 is 11.4. The van der Waals surface area contributed by atoms with Crippen LogP contribution in [0.2, 0.25) is 5.02 Å². The van der Waals surface area contributed by atoms with Crippen molar-refractivity contribution in [2.24, 2.45) is 0 Å². The molecule has 2 heterocycles. The molecule has 0 aliphatic carbocycles. The van der Waals surface area contributed by atoms with Crippen LogP contribution in [0.4, 0.5) is 11.4 Å². The molecule has 1 saturated heterocycles. The first-order valence-corrected chi connectivity index (χ1v) is 12.0. The Morgan fingerprint density at radius 1 is 1.12 bits per heavy atom. The van der Waals surface area contributed by atoms with E-state index in [9.17, 15) is 14.7 Å². The summed E-state index contributed by atoms with van der Waals surface area (Å²) in [5.74, 6) is 0.142. The second-order valence-electron chi connectivity index (χ2n) is 8.49. The highest BCUT2D eigenvalue weighted by Crippen LogP contribution is 2.37. The molecule has 0 aromatic heterocycles. The van der Waals surface area contributed by atoms with Crippen LogP contribution < -0.4 is 19.7 Å². The highest BCUT2D eigenvalue weighted by molar-refractivity contribution is 6.33. The molecular weight excluding hydrogens is 458 g/mol. The van der Waals surface area contributed by atoms with Crippen molar-refractivity contribution in [2.75, 3.05) is 43.1 Å². The molecule has 0 atom stereocenters. The molecule has 2 aliphatic rings. The third kappa shape index (κ3) is 5.23. The van der Waals surface area contributed by atoms with E-state index in [1.165, 1.54) is 6.07 Å². The van der Waals surface area contributed by atoms with Crippen molar-refractivity contribution in [3.05, 3.63) is 46.5 Å². The van der Waals surface area contributed by atoms with Gasteiger partial charge in [0.25, 0.3) is 0 Å². The Labute approximate surface area is 204 Å². The van der Waals surface area contributed by atoms with Gasteiger partial charge in [-0.3, -0.25) is 9.69 Å². The van der Waals surface area contributed by atoms with E-state index in [0.717, 1.165) is 43.7 Å². The van der Waals surface area contributed by atoms with Gasteiger partial charge in [-0.05, 0) is 62.6 Å². The fourth-order valence-electron chi connectivity index (χ4n) is 4.66. The van der Waals surface area contributed by atoms with E-state index in [0.29, 0.717) is 35.4 Å². The van der Waals surface area contributed by atoms with Gasteiger partial charge in [0.2, 0.25) is 5.91 Å². The van der Waals surface area contributed by atoms with E-state index in [1.807, 2.05) is 26.0 Å². The van der Waals surface area contributed by atoms with Gasteiger partial charge in [-0.25, -0.2) is 4.79 Å². The number of amides is 1. The number of piperidine rings is 1. The number of rotatable bonds is 8. The van der Waals surface area contributed by atoms with Gasteiger partial charge in [0.15, 0.2) is 0 Å². The molecule has 2 aliphatic heterocycles. The van der Waals surface area contributed by atoms with Crippen molar-refractivity contribution in [3.63, 3.8) is 0 Å². The molecule has 4 rings (SSSR count). The van der Waals surface area contributed by atoms with Gasteiger partial charge in [0.05, 0.1) is 36.7 Å². The molecule has 2 aromatic rings. The van der Waals surface area contributed by atoms with E-state index in [1.54, 1.807) is 12.1 Å². The third-order valence-electron chi connectivity index (χ3n) is 6.21. The van der Waals surface area contributed by atoms with Gasteiger partial charge in [0.1, 0.15) is 16.5 Å². The number of ether oxygens (including phenoxy) is 2. The molecule has 1 fully saturated rings. The number of halogens is 1. The number of hydrogen-bond donors (Lipinski definition) is 2. The van der Waals surface area contributed by atoms with Gasteiger partial charge in [-0.15, -0.1) is 0 Å². The highest BCUT2D eigenvalue weighted by Gasteiger charge is 2.31. The molecule has 0 radical (unpaired) electrons. The van der Waals surface area contributed by atoms with Crippen LogP contribution in [-0.4, -0.2) is 60.8 Å². The van der Waals surface area contributed by atoms with Crippen LogP contribution in [-0.2, 0) is 11.3 Å². The second-order valence-corrected chi connectivity index (χ2v) is 8.87. The Kier molecular flexibility index (Phi) is 7.48. The number of likely N-dealkylation sites (tertiary alicyclic amines) is 1. The maximum absolute atomic E-state index is 12.3. The summed E-state index contributed by atoms with van der Waals surface area (Å²) in [7, 11) is 0. The van der Waals surface area contributed by atoms with Crippen molar-refractivity contribution < 1.29 is 24.2 Å². The number of carboxylic acids is 1. The molecule has 9 heteroatoms. The van der Waals surface area contributed by atoms with E-state index in [4.69, 9.17) is 21.1 Å². The number of nitrogens with one attached hydrogen (secondary N) is 1. The Morgan fingerprint density at radius 3 is 2.35 bits per heavy atom. The molecule has 34 heavy (non-hydrogen) atoms. The minimum absolute atomic E-state index is 0.120. The zero-order valence-electron chi connectivity index (χ0n) is 19.5. The molecule has 0 bridgehead atoms. The Hall–Kier alpha value is -2.97. The lowest BCUT2D eigenvalue weighted by atomic mass is 9.99. The number of nitrogens with zero attached hydrogens (tertiary/aromatic N) is 2. The summed E-state index contributed by atoms with van der Waals surface area (Å²) in [6, 6.07) is 9.08. The van der Waals surface area contributed by atoms with Gasteiger partial charge >= 0.3 is 5.97 Å². The maximum atomic E-state index is 12.3. The number of carboxylic acid groups (broad SMARTS) is 1. The largest absolute Gasteiger partial charge is 0.492 e. The first-order chi connectivity index (χ1) is 16.4. The summed E-state index contributed by atoms with van der Waals surface area (Å²) in [6.45, 7) is 7.69. The lowest BCUT2D eigenvalue weighted by Crippen LogP contribution is -2.49. The van der Waals surface area contributed by atoms with Crippen molar-refractivity contribution >= 4 is 34.9 Å². The Balaban J connectivity index is 1.44. The lowest BCUT2D eigenvalue weighted by Gasteiger charge is -2.42. The first-order valence-electron chi connectivity index (χ1n) is 11.6. The number of anilines is 2. The van der Waals surface area contributed by atoms with Crippen LogP contribution in [0.5, 0.6) is 11.5 Å². The number of aromatic carboxylic acids is 1. The van der Waals surface area contributed by atoms with E-state index in [-0.39, 0.29) is 24.1 Å². The average molecular weight is 488 g/mol. The summed E-state index contributed by atoms with van der Waals surface area (Å²) >= 11 is 6.43. The summed E-state index contributed by atoms with van der Waals surface area (Å²) in [6.07, 6.45) is 1.80. The van der Waals surface area contributed by atoms with Crippen LogP contribution in [0.1, 0.15) is 42.6 Å². The Morgan fingerprint density at radius 2 is 1.76 bits per heavy atom. The van der Waals surface area contributed by atoms with Crippen molar-refractivity contribution in [1.29, 1.82) is 0 Å². The van der Waals surface area contributed by atoms with Crippen molar-refractivity contribution in [3.8, 4) is 11.5 Å². The van der Waals surface area contributed by atoms with Crippen molar-refractivity contribution in [1.82, 2.24) is 4.90 Å². The highest BCUT2D eigenvalue weighted by atomic mass is 35.5. The topological polar surface area (TPSA) is 91.3 Å². The van der Waals surface area contributed by atoms with Gasteiger partial charge in [-0.1, -0.05) is 11.6 Å². The standard InChI is InChI=1S/C25H30ClN3O5/c1-3-33-21-11-16(12-22(24(21)26)34-4-2)14-28-9-7-18(8-10-28)29-15-23(30)27-19-13-17(25(31)32)5-6-20(19)29/h5-6,11-13,18H,3-4,7-10,14-15H2,1-2H3,(H,27,30)(H,31,32). The van der Waals surface area contributed by atoms with Gasteiger partial charge in [-0.2, -0.15) is 0 Å². The molecule has 8 nitrogen and oxygen atoms in total. The van der Waals surface area contributed by atoms with E-state index >= 15 is 0 Å². The minimum atomic E-state index is -1.01. The second kappa shape index (κ2) is 10.5. The number of hydrogen-bond acceptors (Lipinski definition) is 6. The lowest BCUT2D eigenvalue weighted by molar-refractivity contribution is -0.115. The average Bonchev–Trinajstić information content (AvgIpc) is 2.82. The molecule has 1 amide bonds. The summed E-state index contributed by atoms with van der Waals surface area (Å²) in [4.78, 5) is 28.1. The maximum Gasteiger partial charge on any atom is 0.335 e. The predicted octanol–water partition coefficient (Wildman–Crippen LogP) is 4.26.